The smallest absolute Gasteiger partial charge is 0.332 e. The number of hydrogen-bond donors (Lipinski definition) is 1. The third-order valence-corrected chi connectivity index (χ3v) is 4.31. The second kappa shape index (κ2) is 7.64. The molecule has 11 heteroatoms. The molecule has 0 saturated carbocycles. The third-order valence-electron chi connectivity index (χ3n) is 3.70. The summed E-state index contributed by atoms with van der Waals surface area (Å²) in [6.45, 7) is 0.175. The van der Waals surface area contributed by atoms with Crippen molar-refractivity contribution in [3.05, 3.63) is 25.6 Å². The number of methoxy groups -OCH3 is 1. The number of imidazole rings is 1. The fourth-order valence-electron chi connectivity index (χ4n) is 2.36. The van der Waals surface area contributed by atoms with Crippen molar-refractivity contribution < 1.29 is 14.3 Å². The molecule has 2 aromatic rings. The molecule has 10 nitrogen and oxygen atoms in total. The number of aryl methyl sites for hydroxylation is 1. The van der Waals surface area contributed by atoms with Gasteiger partial charge >= 0.3 is 11.7 Å². The molecular weight excluding hydrogens is 398 g/mol. The van der Waals surface area contributed by atoms with Crippen LogP contribution in [0.2, 0.25) is 0 Å². The van der Waals surface area contributed by atoms with Crippen molar-refractivity contribution in [2.24, 2.45) is 14.1 Å². The average Bonchev–Trinajstić information content (AvgIpc) is 2.91. The van der Waals surface area contributed by atoms with E-state index < -0.39 is 11.2 Å². The minimum absolute atomic E-state index is 0.0926. The van der Waals surface area contributed by atoms with Gasteiger partial charge in [0, 0.05) is 27.1 Å². The summed E-state index contributed by atoms with van der Waals surface area (Å²) in [5.41, 5.74) is -0.694. The molecular formula is C14H18BrN5O5. The number of esters is 1. The standard InChI is InChI=1S/C14H18BrN5O5/c1-18-11-10(12(23)19(2)14(18)24)17-13(15)20(11)7-8(21)16-6-4-5-9(22)25-3/h4-7H2,1-3H3,(H,16,21). The summed E-state index contributed by atoms with van der Waals surface area (Å²) in [6.07, 6.45) is 0.655. The van der Waals surface area contributed by atoms with Crippen LogP contribution in [-0.2, 0) is 35.0 Å². The van der Waals surface area contributed by atoms with Crippen LogP contribution in [0.1, 0.15) is 12.8 Å². The lowest BCUT2D eigenvalue weighted by molar-refractivity contribution is -0.140. The lowest BCUT2D eigenvalue weighted by Crippen LogP contribution is -2.38. The first kappa shape index (κ1) is 18.9. The summed E-state index contributed by atoms with van der Waals surface area (Å²) < 4.78 is 8.44. The Balaban J connectivity index is 2.20. The van der Waals surface area contributed by atoms with Gasteiger partial charge in [-0.05, 0) is 22.4 Å². The number of rotatable bonds is 6. The van der Waals surface area contributed by atoms with E-state index in [0.29, 0.717) is 13.0 Å². The van der Waals surface area contributed by atoms with Crippen LogP contribution in [0, 0.1) is 0 Å². The number of carbonyl (C=O) groups excluding carboxylic acids is 2. The molecule has 0 aliphatic carbocycles. The van der Waals surface area contributed by atoms with Gasteiger partial charge in [0.2, 0.25) is 5.91 Å². The summed E-state index contributed by atoms with van der Waals surface area (Å²) in [5, 5.41) is 2.67. The van der Waals surface area contributed by atoms with Gasteiger partial charge in [0.15, 0.2) is 15.9 Å². The van der Waals surface area contributed by atoms with Crippen LogP contribution >= 0.6 is 15.9 Å². The average molecular weight is 416 g/mol. The van der Waals surface area contributed by atoms with Crippen LogP contribution in [0.5, 0.6) is 0 Å². The van der Waals surface area contributed by atoms with Crippen LogP contribution in [-0.4, -0.2) is 44.2 Å². The maximum Gasteiger partial charge on any atom is 0.332 e. The van der Waals surface area contributed by atoms with Crippen molar-refractivity contribution in [1.82, 2.24) is 24.0 Å². The first-order valence-corrected chi connectivity index (χ1v) is 8.22. The minimum atomic E-state index is -0.531. The van der Waals surface area contributed by atoms with E-state index in [9.17, 15) is 19.2 Å². The van der Waals surface area contributed by atoms with Gasteiger partial charge in [0.05, 0.1) is 7.11 Å². The zero-order chi connectivity index (χ0) is 18.7. The maximum absolute atomic E-state index is 12.2. The van der Waals surface area contributed by atoms with Crippen molar-refractivity contribution in [2.75, 3.05) is 13.7 Å². The molecule has 0 fully saturated rings. The molecule has 0 aromatic carbocycles. The van der Waals surface area contributed by atoms with Crippen molar-refractivity contribution >= 4 is 39.0 Å². The van der Waals surface area contributed by atoms with E-state index in [4.69, 9.17) is 0 Å². The lowest BCUT2D eigenvalue weighted by Gasteiger charge is -2.10. The summed E-state index contributed by atoms with van der Waals surface area (Å²) in [6, 6.07) is 0. The monoisotopic (exact) mass is 415 g/mol. The Morgan fingerprint density at radius 2 is 1.92 bits per heavy atom. The fourth-order valence-corrected chi connectivity index (χ4v) is 2.84. The van der Waals surface area contributed by atoms with Crippen LogP contribution in [0.25, 0.3) is 11.2 Å². The van der Waals surface area contributed by atoms with E-state index in [-0.39, 0.29) is 40.7 Å². The largest absolute Gasteiger partial charge is 0.469 e. The molecule has 0 bridgehead atoms. The van der Waals surface area contributed by atoms with Gasteiger partial charge in [-0.15, -0.1) is 0 Å². The summed E-state index contributed by atoms with van der Waals surface area (Å²) in [5.74, 6) is -0.679. The highest BCUT2D eigenvalue weighted by Gasteiger charge is 2.19. The van der Waals surface area contributed by atoms with Gasteiger partial charge in [-0.3, -0.25) is 28.1 Å². The Labute approximate surface area is 150 Å². The van der Waals surface area contributed by atoms with Crippen LogP contribution < -0.4 is 16.6 Å². The number of nitrogens with zero attached hydrogens (tertiary/aromatic N) is 4. The number of aromatic nitrogens is 4. The second-order valence-electron chi connectivity index (χ2n) is 5.37. The Bertz CT molecular complexity index is 942. The highest BCUT2D eigenvalue weighted by molar-refractivity contribution is 9.10. The molecule has 2 heterocycles. The highest BCUT2D eigenvalue weighted by Crippen LogP contribution is 2.16. The van der Waals surface area contributed by atoms with Gasteiger partial charge in [0.25, 0.3) is 5.56 Å². The van der Waals surface area contributed by atoms with Gasteiger partial charge in [-0.25, -0.2) is 9.78 Å². The zero-order valence-corrected chi connectivity index (χ0v) is 15.6. The predicted molar refractivity (Wildman–Crippen MR) is 92.2 cm³/mol. The van der Waals surface area contributed by atoms with E-state index in [1.807, 2.05) is 0 Å². The molecule has 2 rings (SSSR count). The molecule has 0 spiro atoms. The van der Waals surface area contributed by atoms with Crippen molar-refractivity contribution in [3.8, 4) is 0 Å². The summed E-state index contributed by atoms with van der Waals surface area (Å²) >= 11 is 3.21. The Hall–Kier alpha value is -2.43. The maximum atomic E-state index is 12.2. The molecule has 0 aliphatic heterocycles. The zero-order valence-electron chi connectivity index (χ0n) is 14.0. The van der Waals surface area contributed by atoms with Crippen LogP contribution in [0.4, 0.5) is 0 Å². The quantitative estimate of drug-likeness (QED) is 0.377. The van der Waals surface area contributed by atoms with Gasteiger partial charge in [0.1, 0.15) is 6.54 Å². The number of nitrogens with one attached hydrogen (secondary N) is 1. The van der Waals surface area contributed by atoms with E-state index in [2.05, 4.69) is 31.0 Å². The number of hydrogen-bond acceptors (Lipinski definition) is 6. The topological polar surface area (TPSA) is 117 Å². The number of halogens is 1. The molecule has 0 aliphatic rings. The van der Waals surface area contributed by atoms with Gasteiger partial charge < -0.3 is 10.1 Å². The SMILES string of the molecule is COC(=O)CCCNC(=O)Cn1c(Br)nc2c(=O)n(C)c(=O)n(C)c21. The van der Waals surface area contributed by atoms with Crippen molar-refractivity contribution in [1.29, 1.82) is 0 Å². The van der Waals surface area contributed by atoms with E-state index in [0.717, 1.165) is 4.57 Å². The van der Waals surface area contributed by atoms with Gasteiger partial charge in [-0.1, -0.05) is 0 Å². The molecule has 1 N–H and O–H groups in total. The van der Waals surface area contributed by atoms with Crippen LogP contribution in [0.3, 0.4) is 0 Å². The van der Waals surface area contributed by atoms with Crippen LogP contribution in [0.15, 0.2) is 14.3 Å². The van der Waals surface area contributed by atoms with Crippen molar-refractivity contribution in [3.63, 3.8) is 0 Å². The van der Waals surface area contributed by atoms with Crippen molar-refractivity contribution in [2.45, 2.75) is 19.4 Å². The molecule has 136 valence electrons. The molecule has 0 radical (unpaired) electrons. The summed E-state index contributed by atoms with van der Waals surface area (Å²) in [4.78, 5) is 51.5. The third kappa shape index (κ3) is 3.81. The fraction of sp³-hybridized carbons (Fsp3) is 0.500. The first-order chi connectivity index (χ1) is 11.8. The number of amides is 1. The Morgan fingerprint density at radius 1 is 1.24 bits per heavy atom. The summed E-state index contributed by atoms with van der Waals surface area (Å²) in [7, 11) is 4.17. The predicted octanol–water partition coefficient (Wildman–Crippen LogP) is -0.734. The Kier molecular flexibility index (Phi) is 5.77. The first-order valence-electron chi connectivity index (χ1n) is 7.43. The lowest BCUT2D eigenvalue weighted by atomic mass is 10.3. The number of carbonyl (C=O) groups is 2. The minimum Gasteiger partial charge on any atom is -0.469 e. The second-order valence-corrected chi connectivity index (χ2v) is 6.08. The Morgan fingerprint density at radius 3 is 2.56 bits per heavy atom. The molecule has 0 atom stereocenters. The number of fused-ring (bicyclic) bond motifs is 1. The molecule has 0 saturated heterocycles. The molecule has 1 amide bonds. The molecule has 2 aromatic heterocycles. The van der Waals surface area contributed by atoms with Gasteiger partial charge in [-0.2, -0.15) is 0 Å². The molecule has 0 unspecified atom stereocenters. The van der Waals surface area contributed by atoms with E-state index >= 15 is 0 Å². The highest BCUT2D eigenvalue weighted by atomic mass is 79.9. The molecule has 25 heavy (non-hydrogen) atoms. The number of ether oxygens (including phenoxy) is 1. The van der Waals surface area contributed by atoms with E-state index in [1.165, 1.54) is 30.3 Å². The van der Waals surface area contributed by atoms with E-state index in [1.54, 1.807) is 0 Å². The normalized spacial score (nSPS) is 10.9.